The van der Waals surface area contributed by atoms with Crippen molar-refractivity contribution in [2.24, 2.45) is 11.7 Å². The highest BCUT2D eigenvalue weighted by Gasteiger charge is 2.13. The molecule has 0 aromatic heterocycles. The SMILES string of the molecule is CC(C)C(N)CC(=O)Nc1ccc(S(C)(=O)=O)cc1. The van der Waals surface area contributed by atoms with Crippen LogP contribution in [0.5, 0.6) is 0 Å². The van der Waals surface area contributed by atoms with E-state index in [9.17, 15) is 13.2 Å². The molecule has 1 unspecified atom stereocenters. The number of anilines is 1. The number of nitrogens with one attached hydrogen (secondary N) is 1. The Morgan fingerprint density at radius 1 is 1.26 bits per heavy atom. The van der Waals surface area contributed by atoms with Crippen LogP contribution in [0, 0.1) is 5.92 Å². The Labute approximate surface area is 114 Å². The quantitative estimate of drug-likeness (QED) is 0.855. The summed E-state index contributed by atoms with van der Waals surface area (Å²) in [7, 11) is -3.21. The van der Waals surface area contributed by atoms with Crippen molar-refractivity contribution in [3.8, 4) is 0 Å². The Morgan fingerprint density at radius 2 is 1.79 bits per heavy atom. The Hall–Kier alpha value is -1.40. The second-order valence-corrected chi connectivity index (χ2v) is 6.97. The predicted molar refractivity (Wildman–Crippen MR) is 75.6 cm³/mol. The summed E-state index contributed by atoms with van der Waals surface area (Å²) in [5, 5.41) is 2.69. The van der Waals surface area contributed by atoms with Gasteiger partial charge < -0.3 is 11.1 Å². The highest BCUT2D eigenvalue weighted by Crippen LogP contribution is 2.14. The minimum absolute atomic E-state index is 0.173. The zero-order valence-corrected chi connectivity index (χ0v) is 12.2. The largest absolute Gasteiger partial charge is 0.327 e. The Morgan fingerprint density at radius 3 is 2.21 bits per heavy atom. The molecule has 0 saturated carbocycles. The van der Waals surface area contributed by atoms with Crippen LogP contribution in [-0.4, -0.2) is 26.6 Å². The zero-order chi connectivity index (χ0) is 14.6. The molecule has 1 atom stereocenters. The molecule has 5 nitrogen and oxygen atoms in total. The van der Waals surface area contributed by atoms with E-state index in [1.807, 2.05) is 13.8 Å². The van der Waals surface area contributed by atoms with Gasteiger partial charge in [-0.3, -0.25) is 4.79 Å². The Kier molecular flexibility index (Phi) is 5.08. The van der Waals surface area contributed by atoms with Crippen molar-refractivity contribution in [3.63, 3.8) is 0 Å². The first-order valence-electron chi connectivity index (χ1n) is 6.05. The highest BCUT2D eigenvalue weighted by atomic mass is 32.2. The van der Waals surface area contributed by atoms with Gasteiger partial charge in [0, 0.05) is 24.4 Å². The van der Waals surface area contributed by atoms with Gasteiger partial charge in [0.15, 0.2) is 9.84 Å². The molecule has 1 rings (SSSR count). The van der Waals surface area contributed by atoms with Crippen LogP contribution in [0.4, 0.5) is 5.69 Å². The number of benzene rings is 1. The summed E-state index contributed by atoms with van der Waals surface area (Å²) >= 11 is 0. The molecule has 0 spiro atoms. The minimum Gasteiger partial charge on any atom is -0.327 e. The van der Waals surface area contributed by atoms with Crippen molar-refractivity contribution >= 4 is 21.4 Å². The summed E-state index contributed by atoms with van der Waals surface area (Å²) in [6, 6.07) is 5.88. The number of hydrogen-bond donors (Lipinski definition) is 2. The first kappa shape index (κ1) is 15.7. The van der Waals surface area contributed by atoms with Crippen LogP contribution in [0.3, 0.4) is 0 Å². The number of nitrogens with two attached hydrogens (primary N) is 1. The van der Waals surface area contributed by atoms with Gasteiger partial charge in [-0.15, -0.1) is 0 Å². The summed E-state index contributed by atoms with van der Waals surface area (Å²) in [6.07, 6.45) is 1.38. The molecule has 0 fully saturated rings. The second kappa shape index (κ2) is 6.16. The van der Waals surface area contributed by atoms with E-state index < -0.39 is 9.84 Å². The van der Waals surface area contributed by atoms with Gasteiger partial charge in [0.25, 0.3) is 0 Å². The third-order valence-corrected chi connectivity index (χ3v) is 3.97. The molecule has 1 aromatic carbocycles. The van der Waals surface area contributed by atoms with Gasteiger partial charge in [-0.05, 0) is 30.2 Å². The fourth-order valence-corrected chi connectivity index (χ4v) is 2.08. The van der Waals surface area contributed by atoms with E-state index in [0.717, 1.165) is 6.26 Å². The molecule has 0 saturated heterocycles. The molecule has 0 aliphatic carbocycles. The van der Waals surface area contributed by atoms with Crippen molar-refractivity contribution in [1.82, 2.24) is 0 Å². The minimum atomic E-state index is -3.21. The van der Waals surface area contributed by atoms with Crippen LogP contribution in [0.2, 0.25) is 0 Å². The van der Waals surface area contributed by atoms with E-state index in [-0.39, 0.29) is 29.2 Å². The third-order valence-electron chi connectivity index (χ3n) is 2.84. The number of rotatable bonds is 5. The number of sulfone groups is 1. The highest BCUT2D eigenvalue weighted by molar-refractivity contribution is 7.90. The Bertz CT molecular complexity index is 536. The van der Waals surface area contributed by atoms with Crippen LogP contribution in [0.25, 0.3) is 0 Å². The normalized spacial score (nSPS) is 13.3. The average Bonchev–Trinajstić information content (AvgIpc) is 2.28. The zero-order valence-electron chi connectivity index (χ0n) is 11.4. The number of hydrogen-bond acceptors (Lipinski definition) is 4. The number of carbonyl (C=O) groups excluding carboxylic acids is 1. The molecule has 3 N–H and O–H groups in total. The molecule has 6 heteroatoms. The maximum absolute atomic E-state index is 11.7. The molecule has 0 aliphatic rings. The van der Waals surface area contributed by atoms with Gasteiger partial charge in [-0.1, -0.05) is 13.8 Å². The lowest BCUT2D eigenvalue weighted by Crippen LogP contribution is -2.31. The molecule has 1 aromatic rings. The van der Waals surface area contributed by atoms with Crippen LogP contribution in [0.1, 0.15) is 20.3 Å². The maximum atomic E-state index is 11.7. The summed E-state index contributed by atoms with van der Waals surface area (Å²) < 4.78 is 22.6. The lowest BCUT2D eigenvalue weighted by molar-refractivity contribution is -0.116. The molecule has 106 valence electrons. The van der Waals surface area contributed by atoms with Crippen LogP contribution in [0.15, 0.2) is 29.2 Å². The van der Waals surface area contributed by atoms with Crippen molar-refractivity contribution in [2.75, 3.05) is 11.6 Å². The molecule has 1 amide bonds. The molecule has 0 heterocycles. The van der Waals surface area contributed by atoms with Crippen LogP contribution < -0.4 is 11.1 Å². The third kappa shape index (κ3) is 5.00. The second-order valence-electron chi connectivity index (χ2n) is 4.96. The fraction of sp³-hybridized carbons (Fsp3) is 0.462. The van der Waals surface area contributed by atoms with Crippen molar-refractivity contribution < 1.29 is 13.2 Å². The molecular formula is C13H20N2O3S. The van der Waals surface area contributed by atoms with Crippen molar-refractivity contribution in [3.05, 3.63) is 24.3 Å². The summed E-state index contributed by atoms with van der Waals surface area (Å²) in [4.78, 5) is 11.9. The summed E-state index contributed by atoms with van der Waals surface area (Å²) in [5.41, 5.74) is 6.38. The van der Waals surface area contributed by atoms with E-state index in [4.69, 9.17) is 5.73 Å². The van der Waals surface area contributed by atoms with E-state index in [2.05, 4.69) is 5.32 Å². The van der Waals surface area contributed by atoms with Gasteiger partial charge >= 0.3 is 0 Å². The first-order valence-corrected chi connectivity index (χ1v) is 7.95. The summed E-state index contributed by atoms with van der Waals surface area (Å²) in [6.45, 7) is 3.91. The van der Waals surface area contributed by atoms with Crippen LogP contribution in [-0.2, 0) is 14.6 Å². The van der Waals surface area contributed by atoms with Crippen LogP contribution >= 0.6 is 0 Å². The first-order chi connectivity index (χ1) is 8.70. The smallest absolute Gasteiger partial charge is 0.225 e. The lowest BCUT2D eigenvalue weighted by Gasteiger charge is -2.15. The molecular weight excluding hydrogens is 264 g/mol. The molecule has 0 radical (unpaired) electrons. The summed E-state index contributed by atoms with van der Waals surface area (Å²) in [5.74, 6) is 0.0617. The van der Waals surface area contributed by atoms with Crippen molar-refractivity contribution in [1.29, 1.82) is 0 Å². The van der Waals surface area contributed by atoms with Gasteiger partial charge in [0.2, 0.25) is 5.91 Å². The molecule has 0 bridgehead atoms. The van der Waals surface area contributed by atoms with Gasteiger partial charge in [0.1, 0.15) is 0 Å². The Balaban J connectivity index is 2.66. The monoisotopic (exact) mass is 284 g/mol. The number of amides is 1. The van der Waals surface area contributed by atoms with Gasteiger partial charge in [-0.25, -0.2) is 8.42 Å². The van der Waals surface area contributed by atoms with E-state index >= 15 is 0 Å². The van der Waals surface area contributed by atoms with Gasteiger partial charge in [-0.2, -0.15) is 0 Å². The average molecular weight is 284 g/mol. The number of carbonyl (C=O) groups is 1. The predicted octanol–water partition coefficient (Wildman–Crippen LogP) is 1.40. The van der Waals surface area contributed by atoms with Gasteiger partial charge in [0.05, 0.1) is 4.90 Å². The molecule has 0 aliphatic heterocycles. The fourth-order valence-electron chi connectivity index (χ4n) is 1.45. The molecule has 19 heavy (non-hydrogen) atoms. The topological polar surface area (TPSA) is 89.3 Å². The van der Waals surface area contributed by atoms with E-state index in [0.29, 0.717) is 5.69 Å². The maximum Gasteiger partial charge on any atom is 0.225 e. The van der Waals surface area contributed by atoms with E-state index in [1.165, 1.54) is 12.1 Å². The van der Waals surface area contributed by atoms with E-state index in [1.54, 1.807) is 12.1 Å². The standard InChI is InChI=1S/C13H20N2O3S/c1-9(2)12(14)8-13(16)15-10-4-6-11(7-5-10)19(3,17)18/h4-7,9,12H,8,14H2,1-3H3,(H,15,16). The van der Waals surface area contributed by atoms with Crippen molar-refractivity contribution in [2.45, 2.75) is 31.2 Å². The lowest BCUT2D eigenvalue weighted by atomic mass is 10.0.